The molecule has 0 aromatic heterocycles. The standard InChI is InChI=1S/C30H45N3O5/c1-29(2,3)27(36)32-23(17-21-13-9-7-10-14-21)25(34)19-31-20-26(35)24(18-22-15-11-8-12-16-22)33-28(37)38-30(4,5)6/h7-16,23-26,31,34-35H,17-20H2,1-6H3,(H,32,36)(H,33,37)/t23-,24-,25+,26+/m0/s1. The summed E-state index contributed by atoms with van der Waals surface area (Å²) in [5.74, 6) is -0.151. The summed E-state index contributed by atoms with van der Waals surface area (Å²) >= 11 is 0. The highest BCUT2D eigenvalue weighted by Gasteiger charge is 2.29. The molecule has 5 N–H and O–H groups in total. The summed E-state index contributed by atoms with van der Waals surface area (Å²) < 4.78 is 5.39. The molecule has 2 aromatic carbocycles. The number of carbonyl (C=O) groups excluding carboxylic acids is 2. The molecule has 4 atom stereocenters. The van der Waals surface area contributed by atoms with E-state index in [-0.39, 0.29) is 19.0 Å². The van der Waals surface area contributed by atoms with Crippen molar-refractivity contribution >= 4 is 12.0 Å². The van der Waals surface area contributed by atoms with Crippen molar-refractivity contribution in [1.29, 1.82) is 0 Å². The summed E-state index contributed by atoms with van der Waals surface area (Å²) in [4.78, 5) is 25.1. The van der Waals surface area contributed by atoms with Crippen LogP contribution >= 0.6 is 0 Å². The van der Waals surface area contributed by atoms with Crippen molar-refractivity contribution < 1.29 is 24.5 Å². The lowest BCUT2D eigenvalue weighted by Crippen LogP contribution is -2.53. The number of hydrogen-bond donors (Lipinski definition) is 5. The zero-order valence-electron chi connectivity index (χ0n) is 23.5. The van der Waals surface area contributed by atoms with Crippen molar-refractivity contribution in [2.75, 3.05) is 13.1 Å². The first-order chi connectivity index (χ1) is 17.7. The number of carbonyl (C=O) groups is 2. The van der Waals surface area contributed by atoms with E-state index in [9.17, 15) is 19.8 Å². The average molecular weight is 528 g/mol. The third-order valence-corrected chi connectivity index (χ3v) is 5.93. The van der Waals surface area contributed by atoms with E-state index < -0.39 is 41.4 Å². The van der Waals surface area contributed by atoms with Gasteiger partial charge in [0.2, 0.25) is 5.91 Å². The van der Waals surface area contributed by atoms with Crippen LogP contribution in [0, 0.1) is 5.41 Å². The molecule has 0 heterocycles. The number of benzene rings is 2. The van der Waals surface area contributed by atoms with E-state index >= 15 is 0 Å². The van der Waals surface area contributed by atoms with Gasteiger partial charge in [-0.05, 0) is 44.7 Å². The van der Waals surface area contributed by atoms with Crippen LogP contribution in [0.5, 0.6) is 0 Å². The van der Waals surface area contributed by atoms with Gasteiger partial charge >= 0.3 is 6.09 Å². The lowest BCUT2D eigenvalue weighted by molar-refractivity contribution is -0.130. The molecule has 0 unspecified atom stereocenters. The number of alkyl carbamates (subject to hydrolysis) is 1. The molecule has 0 aliphatic heterocycles. The third-order valence-electron chi connectivity index (χ3n) is 5.93. The molecule has 0 spiro atoms. The molecule has 0 radical (unpaired) electrons. The largest absolute Gasteiger partial charge is 0.444 e. The predicted molar refractivity (Wildman–Crippen MR) is 150 cm³/mol. The number of aliphatic hydroxyl groups is 2. The highest BCUT2D eigenvalue weighted by Crippen LogP contribution is 2.15. The summed E-state index contributed by atoms with van der Waals surface area (Å²) in [6, 6.07) is 18.1. The molecular formula is C30H45N3O5. The van der Waals surface area contributed by atoms with Gasteiger partial charge in [-0.2, -0.15) is 0 Å². The highest BCUT2D eigenvalue weighted by molar-refractivity contribution is 5.81. The van der Waals surface area contributed by atoms with Crippen molar-refractivity contribution in [2.24, 2.45) is 5.41 Å². The lowest BCUT2D eigenvalue weighted by atomic mass is 9.93. The molecule has 8 heteroatoms. The molecule has 0 bridgehead atoms. The zero-order valence-corrected chi connectivity index (χ0v) is 23.5. The van der Waals surface area contributed by atoms with Gasteiger partial charge < -0.3 is 30.9 Å². The summed E-state index contributed by atoms with van der Waals surface area (Å²) in [5, 5.41) is 30.8. The Bertz CT molecular complexity index is 986. The van der Waals surface area contributed by atoms with E-state index in [2.05, 4.69) is 16.0 Å². The van der Waals surface area contributed by atoms with E-state index in [0.29, 0.717) is 12.8 Å². The topological polar surface area (TPSA) is 120 Å². The van der Waals surface area contributed by atoms with Gasteiger partial charge in [0, 0.05) is 18.5 Å². The maximum Gasteiger partial charge on any atom is 0.407 e. The van der Waals surface area contributed by atoms with Gasteiger partial charge in [-0.15, -0.1) is 0 Å². The van der Waals surface area contributed by atoms with Gasteiger partial charge in [-0.25, -0.2) is 4.79 Å². The molecule has 2 rings (SSSR count). The zero-order chi connectivity index (χ0) is 28.3. The minimum Gasteiger partial charge on any atom is -0.444 e. The Hall–Kier alpha value is -2.94. The average Bonchev–Trinajstić information content (AvgIpc) is 2.82. The first kappa shape index (κ1) is 31.3. The Morgan fingerprint density at radius 2 is 1.16 bits per heavy atom. The van der Waals surface area contributed by atoms with Gasteiger partial charge in [0.1, 0.15) is 5.60 Å². The Kier molecular flexibility index (Phi) is 11.8. The number of hydrogen-bond acceptors (Lipinski definition) is 6. The van der Waals surface area contributed by atoms with Crippen molar-refractivity contribution in [1.82, 2.24) is 16.0 Å². The Morgan fingerprint density at radius 3 is 1.55 bits per heavy atom. The molecule has 0 fully saturated rings. The van der Waals surface area contributed by atoms with E-state index in [0.717, 1.165) is 11.1 Å². The number of aliphatic hydroxyl groups excluding tert-OH is 2. The van der Waals surface area contributed by atoms with Gasteiger partial charge in [-0.3, -0.25) is 4.79 Å². The van der Waals surface area contributed by atoms with E-state index in [1.807, 2.05) is 81.4 Å². The van der Waals surface area contributed by atoms with Crippen molar-refractivity contribution in [3.63, 3.8) is 0 Å². The number of nitrogens with one attached hydrogen (secondary N) is 3. The van der Waals surface area contributed by atoms with Crippen LogP contribution < -0.4 is 16.0 Å². The van der Waals surface area contributed by atoms with Crippen LogP contribution in [0.2, 0.25) is 0 Å². The molecule has 2 amide bonds. The molecule has 0 aliphatic rings. The fourth-order valence-corrected chi connectivity index (χ4v) is 3.81. The normalized spacial score (nSPS) is 15.2. The summed E-state index contributed by atoms with van der Waals surface area (Å²) in [6.45, 7) is 11.1. The van der Waals surface area contributed by atoms with Crippen LogP contribution in [0.1, 0.15) is 52.7 Å². The second-order valence-corrected chi connectivity index (χ2v) is 11.8. The Labute approximate surface area is 227 Å². The van der Waals surface area contributed by atoms with Crippen LogP contribution in [0.25, 0.3) is 0 Å². The van der Waals surface area contributed by atoms with Gasteiger partial charge in [0.15, 0.2) is 0 Å². The SMILES string of the molecule is CC(C)(C)OC(=O)N[C@@H](Cc1ccccc1)[C@H](O)CNC[C@@H](O)[C@H](Cc1ccccc1)NC(=O)C(C)(C)C. The number of ether oxygens (including phenoxy) is 1. The third kappa shape index (κ3) is 11.6. The summed E-state index contributed by atoms with van der Waals surface area (Å²) in [5.41, 5.74) is 0.687. The van der Waals surface area contributed by atoms with Crippen LogP contribution in [0.3, 0.4) is 0 Å². The second kappa shape index (κ2) is 14.3. The smallest absolute Gasteiger partial charge is 0.407 e. The predicted octanol–water partition coefficient (Wildman–Crippen LogP) is 3.21. The molecule has 0 saturated heterocycles. The van der Waals surface area contributed by atoms with Gasteiger partial charge in [-0.1, -0.05) is 81.4 Å². The first-order valence-corrected chi connectivity index (χ1v) is 13.2. The van der Waals surface area contributed by atoms with E-state index in [1.165, 1.54) is 0 Å². The second-order valence-electron chi connectivity index (χ2n) is 11.8. The fourth-order valence-electron chi connectivity index (χ4n) is 3.81. The summed E-state index contributed by atoms with van der Waals surface area (Å²) in [6.07, 6.45) is -1.59. The Morgan fingerprint density at radius 1 is 0.737 bits per heavy atom. The molecule has 0 saturated carbocycles. The van der Waals surface area contributed by atoms with Crippen LogP contribution in [0.15, 0.2) is 60.7 Å². The van der Waals surface area contributed by atoms with Gasteiger partial charge in [0.25, 0.3) is 0 Å². The molecule has 38 heavy (non-hydrogen) atoms. The maximum absolute atomic E-state index is 12.7. The monoisotopic (exact) mass is 527 g/mol. The van der Waals surface area contributed by atoms with Crippen molar-refractivity contribution in [3.8, 4) is 0 Å². The van der Waals surface area contributed by atoms with E-state index in [4.69, 9.17) is 4.74 Å². The van der Waals surface area contributed by atoms with E-state index in [1.54, 1.807) is 20.8 Å². The molecule has 2 aromatic rings. The fraction of sp³-hybridized carbons (Fsp3) is 0.533. The highest BCUT2D eigenvalue weighted by atomic mass is 16.6. The minimum atomic E-state index is -0.952. The molecular weight excluding hydrogens is 482 g/mol. The Balaban J connectivity index is 2.03. The van der Waals surface area contributed by atoms with Crippen LogP contribution in [0.4, 0.5) is 4.79 Å². The van der Waals surface area contributed by atoms with Crippen molar-refractivity contribution in [2.45, 2.75) is 84.3 Å². The van der Waals surface area contributed by atoms with Gasteiger partial charge in [0.05, 0.1) is 24.3 Å². The number of amides is 2. The summed E-state index contributed by atoms with van der Waals surface area (Å²) in [7, 11) is 0. The molecule has 0 aliphatic carbocycles. The molecule has 210 valence electrons. The molecule has 8 nitrogen and oxygen atoms in total. The van der Waals surface area contributed by atoms with Crippen molar-refractivity contribution in [3.05, 3.63) is 71.8 Å². The lowest BCUT2D eigenvalue weighted by Gasteiger charge is -2.29. The first-order valence-electron chi connectivity index (χ1n) is 13.2. The van der Waals surface area contributed by atoms with Crippen LogP contribution in [-0.4, -0.2) is 65.2 Å². The van der Waals surface area contributed by atoms with Crippen LogP contribution in [-0.2, 0) is 22.4 Å². The maximum atomic E-state index is 12.7. The minimum absolute atomic E-state index is 0.121. The number of rotatable bonds is 12. The quantitative estimate of drug-likeness (QED) is 0.289.